The van der Waals surface area contributed by atoms with Gasteiger partial charge in [-0.15, -0.1) is 0 Å². The monoisotopic (exact) mass is 490 g/mol. The van der Waals surface area contributed by atoms with Crippen LogP contribution in [0.1, 0.15) is 36.0 Å². The number of anilines is 2. The number of fused-ring (bicyclic) bond motifs is 1. The molecule has 0 aromatic heterocycles. The molecule has 6 nitrogen and oxygen atoms in total. The van der Waals surface area contributed by atoms with Crippen molar-refractivity contribution in [2.24, 2.45) is 0 Å². The first-order valence-electron chi connectivity index (χ1n) is 9.17. The van der Waals surface area contributed by atoms with Gasteiger partial charge in [-0.05, 0) is 65.8 Å². The highest BCUT2D eigenvalue weighted by Crippen LogP contribution is 2.45. The third-order valence-corrected chi connectivity index (χ3v) is 5.98. The van der Waals surface area contributed by atoms with Crippen molar-refractivity contribution in [2.75, 3.05) is 16.8 Å². The van der Waals surface area contributed by atoms with Gasteiger partial charge in [-0.3, -0.25) is 14.5 Å². The molecule has 144 valence electrons. The van der Waals surface area contributed by atoms with Crippen molar-refractivity contribution >= 4 is 51.7 Å². The number of hydrogen-bond acceptors (Lipinski definition) is 4. The smallest absolute Gasteiger partial charge is 0.338 e. The Morgan fingerprint density at radius 2 is 1.86 bits per heavy atom. The number of para-hydroxylation sites is 2. The van der Waals surface area contributed by atoms with Crippen LogP contribution in [0, 0.1) is 3.57 Å². The van der Waals surface area contributed by atoms with Crippen LogP contribution in [-0.4, -0.2) is 29.9 Å². The zero-order valence-electron chi connectivity index (χ0n) is 15.1. The lowest BCUT2D eigenvalue weighted by molar-refractivity contribution is -0.129. The lowest BCUT2D eigenvalue weighted by Crippen LogP contribution is -2.61. The quantitative estimate of drug-likeness (QED) is 0.526. The number of amides is 2. The van der Waals surface area contributed by atoms with E-state index in [1.165, 1.54) is 0 Å². The summed E-state index contributed by atoms with van der Waals surface area (Å²) >= 11 is 2.11. The lowest BCUT2D eigenvalue weighted by Gasteiger charge is -2.44. The maximum atomic E-state index is 13.1. The molecule has 1 fully saturated rings. The number of rotatable bonds is 3. The second-order valence-electron chi connectivity index (χ2n) is 7.03. The predicted octanol–water partition coefficient (Wildman–Crippen LogP) is 3.75. The summed E-state index contributed by atoms with van der Waals surface area (Å²) in [6.45, 7) is -0.409. The number of hydrogen-bond donors (Lipinski definition) is 1. The molecule has 1 aliphatic heterocycles. The topological polar surface area (TPSA) is 75.7 Å². The molecule has 0 saturated heterocycles. The van der Waals surface area contributed by atoms with Gasteiger partial charge in [0.15, 0.2) is 6.61 Å². The number of nitrogens with zero attached hydrogens (tertiary/aromatic N) is 1. The molecule has 2 amide bonds. The van der Waals surface area contributed by atoms with E-state index < -0.39 is 18.1 Å². The van der Waals surface area contributed by atoms with Gasteiger partial charge in [0.05, 0.1) is 16.9 Å². The van der Waals surface area contributed by atoms with Crippen LogP contribution in [0.3, 0.4) is 0 Å². The molecular formula is C21H19IN2O4. The van der Waals surface area contributed by atoms with Crippen LogP contribution in [0.25, 0.3) is 0 Å². The van der Waals surface area contributed by atoms with Crippen LogP contribution in [0.15, 0.2) is 48.5 Å². The van der Waals surface area contributed by atoms with Crippen molar-refractivity contribution in [2.45, 2.75) is 31.2 Å². The minimum absolute atomic E-state index is 0.166. The number of carbonyl (C=O) groups is 3. The second kappa shape index (κ2) is 7.54. The molecule has 1 heterocycles. The number of benzene rings is 2. The largest absolute Gasteiger partial charge is 0.452 e. The summed E-state index contributed by atoms with van der Waals surface area (Å²) in [6, 6.07) is 14.2. The fourth-order valence-electron chi connectivity index (χ4n) is 4.02. The highest BCUT2D eigenvalue weighted by Gasteiger charge is 2.52. The van der Waals surface area contributed by atoms with E-state index in [1.54, 1.807) is 29.2 Å². The van der Waals surface area contributed by atoms with Gasteiger partial charge in [0.25, 0.3) is 11.8 Å². The first kappa shape index (κ1) is 18.9. The summed E-state index contributed by atoms with van der Waals surface area (Å²) in [4.78, 5) is 39.9. The molecule has 1 saturated carbocycles. The van der Waals surface area contributed by atoms with Crippen molar-refractivity contribution in [3.05, 3.63) is 57.7 Å². The van der Waals surface area contributed by atoms with E-state index in [0.717, 1.165) is 16.4 Å². The summed E-state index contributed by atoms with van der Waals surface area (Å²) in [5, 5.41) is 2.93. The van der Waals surface area contributed by atoms with Gasteiger partial charge in [-0.1, -0.05) is 31.0 Å². The Hall–Kier alpha value is -2.42. The second-order valence-corrected chi connectivity index (χ2v) is 8.27. The van der Waals surface area contributed by atoms with Crippen LogP contribution in [0.5, 0.6) is 0 Å². The first-order chi connectivity index (χ1) is 13.5. The summed E-state index contributed by atoms with van der Waals surface area (Å²) < 4.78 is 6.19. The van der Waals surface area contributed by atoms with Crippen molar-refractivity contribution in [3.63, 3.8) is 0 Å². The van der Waals surface area contributed by atoms with Crippen LogP contribution < -0.4 is 10.2 Å². The van der Waals surface area contributed by atoms with Gasteiger partial charge in [0, 0.05) is 3.57 Å². The zero-order valence-corrected chi connectivity index (χ0v) is 17.3. The van der Waals surface area contributed by atoms with Gasteiger partial charge >= 0.3 is 5.97 Å². The molecule has 0 bridgehead atoms. The van der Waals surface area contributed by atoms with E-state index in [1.807, 2.05) is 24.3 Å². The summed E-state index contributed by atoms with van der Waals surface area (Å²) in [5.74, 6) is -1.11. The van der Waals surface area contributed by atoms with E-state index in [9.17, 15) is 14.4 Å². The van der Waals surface area contributed by atoms with Crippen molar-refractivity contribution in [3.8, 4) is 0 Å². The SMILES string of the molecule is O=C(OCC(=O)N1c2ccccc2NC(=O)C12CCCC2)c1cccc(I)c1. The molecular weight excluding hydrogens is 471 g/mol. The maximum absolute atomic E-state index is 13.1. The Morgan fingerprint density at radius 3 is 2.61 bits per heavy atom. The zero-order chi connectivity index (χ0) is 19.7. The van der Waals surface area contributed by atoms with Gasteiger partial charge in [-0.25, -0.2) is 4.79 Å². The van der Waals surface area contributed by atoms with Gasteiger partial charge in [-0.2, -0.15) is 0 Å². The first-order valence-corrected chi connectivity index (χ1v) is 10.3. The highest BCUT2D eigenvalue weighted by molar-refractivity contribution is 14.1. The summed E-state index contributed by atoms with van der Waals surface area (Å²) in [6.07, 6.45) is 2.96. The number of esters is 1. The lowest BCUT2D eigenvalue weighted by atomic mass is 9.90. The van der Waals surface area contributed by atoms with Crippen LogP contribution in [0.2, 0.25) is 0 Å². The molecule has 0 atom stereocenters. The normalized spacial score (nSPS) is 17.2. The number of carbonyl (C=O) groups excluding carboxylic acids is 3. The maximum Gasteiger partial charge on any atom is 0.338 e. The van der Waals surface area contributed by atoms with Gasteiger partial charge in [0.1, 0.15) is 5.54 Å². The fraction of sp³-hybridized carbons (Fsp3) is 0.286. The molecule has 2 aromatic rings. The van der Waals surface area contributed by atoms with Crippen LogP contribution >= 0.6 is 22.6 Å². The Kier molecular flexibility index (Phi) is 5.09. The van der Waals surface area contributed by atoms with Crippen molar-refractivity contribution < 1.29 is 19.1 Å². The van der Waals surface area contributed by atoms with Crippen molar-refractivity contribution in [1.82, 2.24) is 0 Å². The van der Waals surface area contributed by atoms with E-state index >= 15 is 0 Å². The number of nitrogens with one attached hydrogen (secondary N) is 1. The summed E-state index contributed by atoms with van der Waals surface area (Å²) in [7, 11) is 0. The minimum Gasteiger partial charge on any atom is -0.452 e. The molecule has 7 heteroatoms. The van der Waals surface area contributed by atoms with E-state index in [4.69, 9.17) is 4.74 Å². The predicted molar refractivity (Wildman–Crippen MR) is 113 cm³/mol. The minimum atomic E-state index is -0.903. The Labute approximate surface area is 176 Å². The molecule has 1 spiro atoms. The Balaban J connectivity index is 1.59. The molecule has 1 N–H and O–H groups in total. The van der Waals surface area contributed by atoms with Crippen LogP contribution in [-0.2, 0) is 14.3 Å². The molecule has 0 unspecified atom stereocenters. The van der Waals surface area contributed by atoms with Crippen molar-refractivity contribution in [1.29, 1.82) is 0 Å². The van der Waals surface area contributed by atoms with E-state index in [-0.39, 0.29) is 11.8 Å². The highest BCUT2D eigenvalue weighted by atomic mass is 127. The molecule has 2 aromatic carbocycles. The van der Waals surface area contributed by atoms with Gasteiger partial charge < -0.3 is 10.1 Å². The van der Waals surface area contributed by atoms with Gasteiger partial charge in [0.2, 0.25) is 0 Å². The average molecular weight is 490 g/mol. The van der Waals surface area contributed by atoms with E-state index in [0.29, 0.717) is 29.8 Å². The Morgan fingerprint density at radius 1 is 1.11 bits per heavy atom. The standard InChI is InChI=1S/C21H19IN2O4/c22-15-7-5-6-14(12-15)19(26)28-13-18(25)24-17-9-2-1-8-16(17)23-20(27)21(24)10-3-4-11-21/h1-2,5-9,12H,3-4,10-11,13H2,(H,23,27). The molecule has 28 heavy (non-hydrogen) atoms. The average Bonchev–Trinajstić information content (AvgIpc) is 3.17. The third kappa shape index (κ3) is 3.28. The van der Waals surface area contributed by atoms with E-state index in [2.05, 4.69) is 27.9 Å². The van der Waals surface area contributed by atoms with Crippen LogP contribution in [0.4, 0.5) is 11.4 Å². The number of ether oxygens (including phenoxy) is 1. The fourth-order valence-corrected chi connectivity index (χ4v) is 4.56. The molecule has 2 aliphatic rings. The molecule has 1 aliphatic carbocycles. The Bertz CT molecular complexity index is 953. The summed E-state index contributed by atoms with van der Waals surface area (Å²) in [5.41, 5.74) is 0.744. The molecule has 4 rings (SSSR count). The number of halogens is 1. The molecule has 0 radical (unpaired) electrons. The third-order valence-electron chi connectivity index (χ3n) is 5.31.